The topological polar surface area (TPSA) is 71.4 Å². The zero-order valence-corrected chi connectivity index (χ0v) is 15.2. The van der Waals surface area contributed by atoms with Crippen molar-refractivity contribution in [1.82, 2.24) is 9.29 Å². The molecule has 24 heavy (non-hydrogen) atoms. The number of para-hydroxylation sites is 1. The van der Waals surface area contributed by atoms with Gasteiger partial charge in [-0.05, 0) is 24.3 Å². The van der Waals surface area contributed by atoms with E-state index >= 15 is 0 Å². The van der Waals surface area contributed by atoms with E-state index in [4.69, 9.17) is 10.5 Å². The van der Waals surface area contributed by atoms with Crippen LogP contribution in [0.4, 0.5) is 0 Å². The van der Waals surface area contributed by atoms with Gasteiger partial charge in [-0.25, -0.2) is 4.31 Å². The number of aromatic nitrogens is 1. The normalized spacial score (nSPS) is 20.8. The number of benzene rings is 1. The lowest BCUT2D eigenvalue weighted by molar-refractivity contribution is -0.0238. The van der Waals surface area contributed by atoms with Crippen LogP contribution < -0.4 is 5.73 Å². The molecule has 2 atom stereocenters. The molecule has 1 aromatic carbocycles. The van der Waals surface area contributed by atoms with Gasteiger partial charge in [0.2, 0.25) is 0 Å². The summed E-state index contributed by atoms with van der Waals surface area (Å²) in [5.41, 5.74) is 7.12. The van der Waals surface area contributed by atoms with E-state index in [9.17, 15) is 4.79 Å². The number of fused-ring (bicyclic) bond motifs is 1. The minimum absolute atomic E-state index is 0.218. The second-order valence-corrected chi connectivity index (χ2v) is 8.36. The van der Waals surface area contributed by atoms with Crippen LogP contribution in [0.25, 0.3) is 10.9 Å². The predicted molar refractivity (Wildman–Crippen MR) is 101 cm³/mol. The number of nitrogens with two attached hydrogens (primary N) is 1. The third-order valence-corrected chi connectivity index (χ3v) is 6.59. The fraction of sp³-hybridized carbons (Fsp3) is 0.444. The summed E-state index contributed by atoms with van der Waals surface area (Å²) < 4.78 is 8.31. The molecule has 3 rings (SSSR count). The number of ether oxygens (including phenoxy) is 1. The number of carbonyl (C=O) groups is 1. The minimum atomic E-state index is -0.408. The number of aromatic amines is 1. The van der Waals surface area contributed by atoms with Gasteiger partial charge >= 0.3 is 0 Å². The highest BCUT2D eigenvalue weighted by atomic mass is 32.2. The van der Waals surface area contributed by atoms with Crippen molar-refractivity contribution in [1.29, 1.82) is 0 Å². The molecule has 1 fully saturated rings. The fourth-order valence-electron chi connectivity index (χ4n) is 3.14. The maximum absolute atomic E-state index is 12.0. The van der Waals surface area contributed by atoms with Crippen LogP contribution >= 0.6 is 10.7 Å². The van der Waals surface area contributed by atoms with Gasteiger partial charge in [0.25, 0.3) is 5.91 Å². The van der Waals surface area contributed by atoms with E-state index in [0.717, 1.165) is 28.9 Å². The van der Waals surface area contributed by atoms with Gasteiger partial charge in [0, 0.05) is 24.0 Å². The number of amides is 1. The lowest BCUT2D eigenvalue weighted by Crippen LogP contribution is -2.42. The van der Waals surface area contributed by atoms with Crippen LogP contribution in [0.1, 0.15) is 31.3 Å². The summed E-state index contributed by atoms with van der Waals surface area (Å²) in [5, 5.41) is 3.24. The van der Waals surface area contributed by atoms with Crippen molar-refractivity contribution in [2.75, 3.05) is 19.7 Å². The van der Waals surface area contributed by atoms with Crippen molar-refractivity contribution in [2.24, 2.45) is 11.7 Å². The van der Waals surface area contributed by atoms with E-state index in [1.54, 1.807) is 0 Å². The molecular formula is C18H25N3O2S. The van der Waals surface area contributed by atoms with E-state index in [1.165, 1.54) is 0 Å². The van der Waals surface area contributed by atoms with Crippen molar-refractivity contribution >= 4 is 32.8 Å². The van der Waals surface area contributed by atoms with Crippen molar-refractivity contribution < 1.29 is 9.53 Å². The maximum atomic E-state index is 12.0. The molecule has 3 N–H and O–H groups in total. The predicted octanol–water partition coefficient (Wildman–Crippen LogP) is 2.99. The highest BCUT2D eigenvalue weighted by Crippen LogP contribution is 2.40. The first-order valence-electron chi connectivity index (χ1n) is 8.32. The summed E-state index contributed by atoms with van der Waals surface area (Å²) in [4.78, 5) is 16.2. The molecule has 0 aliphatic carbocycles. The van der Waals surface area contributed by atoms with Gasteiger partial charge in [0.1, 0.15) is 5.69 Å². The molecule has 2 heterocycles. The first kappa shape index (κ1) is 17.2. The molecule has 0 radical (unpaired) electrons. The molecule has 130 valence electrons. The summed E-state index contributed by atoms with van der Waals surface area (Å²) in [6.45, 7) is 8.85. The zero-order valence-electron chi connectivity index (χ0n) is 14.4. The number of H-pyrrole nitrogens is 1. The Hall–Kier alpha value is -1.63. The Labute approximate surface area is 145 Å². The van der Waals surface area contributed by atoms with Gasteiger partial charge in [-0.3, -0.25) is 4.79 Å². The zero-order chi connectivity index (χ0) is 17.3. The monoisotopic (exact) mass is 347 g/mol. The van der Waals surface area contributed by atoms with Crippen LogP contribution in [0.5, 0.6) is 0 Å². The highest BCUT2D eigenvalue weighted by molar-refractivity contribution is 8.13. The summed E-state index contributed by atoms with van der Waals surface area (Å²) in [5.74, 6) is 0.0582. The summed E-state index contributed by atoms with van der Waals surface area (Å²) in [6, 6.07) is 8.00. The third-order valence-electron chi connectivity index (χ3n) is 4.42. The molecular weight excluding hydrogens is 322 g/mol. The second-order valence-electron chi connectivity index (χ2n) is 6.33. The Kier molecular flexibility index (Phi) is 5.08. The molecule has 6 heteroatoms. The number of nitrogens with zero attached hydrogens (tertiary/aromatic N) is 1. The molecule has 2 aromatic rings. The van der Waals surface area contributed by atoms with E-state index in [-0.39, 0.29) is 16.8 Å². The van der Waals surface area contributed by atoms with Crippen LogP contribution in [0.3, 0.4) is 0 Å². The first-order chi connectivity index (χ1) is 11.5. The number of rotatable bonds is 4. The van der Waals surface area contributed by atoms with Crippen molar-refractivity contribution in [2.45, 2.75) is 31.8 Å². The first-order valence-corrected chi connectivity index (χ1v) is 9.57. The second kappa shape index (κ2) is 7.09. The summed E-state index contributed by atoms with van der Waals surface area (Å²) in [6.07, 6.45) is 0.218. The Morgan fingerprint density at radius 1 is 1.46 bits per heavy atom. The number of hydrogen-bond donors (Lipinski definition) is 2. The summed E-state index contributed by atoms with van der Waals surface area (Å²) >= 11 is 0. The molecule has 2 unspecified atom stereocenters. The highest BCUT2D eigenvalue weighted by Gasteiger charge is 2.28. The number of hydrogen-bond acceptors (Lipinski definition) is 3. The average Bonchev–Trinajstić information content (AvgIpc) is 2.96. The Bertz CT molecular complexity index is 782. The van der Waals surface area contributed by atoms with Gasteiger partial charge in [-0.1, -0.05) is 42.7 Å². The van der Waals surface area contributed by atoms with Crippen LogP contribution in [0, 0.1) is 5.92 Å². The standard InChI is InChI=1S/C18H25N3O2S/c1-4-24(21-9-10-23-15(11-21)12(2)3)17-13-7-5-6-8-14(13)20-16(17)18(19)22/h4-8,12,15,20H,9-11H2,1-3H3,(H2,19,22). The Morgan fingerprint density at radius 3 is 2.88 bits per heavy atom. The Morgan fingerprint density at radius 2 is 2.21 bits per heavy atom. The van der Waals surface area contributed by atoms with Crippen LogP contribution in [0.2, 0.25) is 0 Å². The van der Waals surface area contributed by atoms with Gasteiger partial charge in [0.15, 0.2) is 0 Å². The lowest BCUT2D eigenvalue weighted by atomic mass is 10.1. The van der Waals surface area contributed by atoms with Gasteiger partial charge in [0.05, 0.1) is 17.6 Å². The maximum Gasteiger partial charge on any atom is 0.266 e. The molecule has 1 aromatic heterocycles. The Balaban J connectivity index is 2.07. The molecule has 1 aliphatic heterocycles. The number of morpholine rings is 1. The minimum Gasteiger partial charge on any atom is -0.375 e. The van der Waals surface area contributed by atoms with E-state index in [2.05, 4.69) is 41.5 Å². The average molecular weight is 347 g/mol. The van der Waals surface area contributed by atoms with Crippen LogP contribution in [-0.4, -0.2) is 46.4 Å². The number of primary amides is 1. The van der Waals surface area contributed by atoms with Crippen molar-refractivity contribution in [3.8, 4) is 0 Å². The molecule has 1 aliphatic rings. The quantitative estimate of drug-likeness (QED) is 0.835. The largest absolute Gasteiger partial charge is 0.375 e. The molecule has 0 bridgehead atoms. The molecule has 5 nitrogen and oxygen atoms in total. The molecule has 1 saturated heterocycles. The van der Waals surface area contributed by atoms with Gasteiger partial charge in [-0.2, -0.15) is 0 Å². The van der Waals surface area contributed by atoms with Crippen molar-refractivity contribution in [3.05, 3.63) is 30.0 Å². The molecule has 0 saturated carbocycles. The summed E-state index contributed by atoms with van der Waals surface area (Å²) in [7, 11) is -0.298. The van der Waals surface area contributed by atoms with Gasteiger partial charge < -0.3 is 15.5 Å². The van der Waals surface area contributed by atoms with Crippen LogP contribution in [0.15, 0.2) is 29.2 Å². The van der Waals surface area contributed by atoms with Gasteiger partial charge in [-0.15, -0.1) is 0 Å². The smallest absolute Gasteiger partial charge is 0.266 e. The third kappa shape index (κ3) is 3.14. The lowest BCUT2D eigenvalue weighted by Gasteiger charge is -2.36. The van der Waals surface area contributed by atoms with E-state index < -0.39 is 5.91 Å². The molecule has 0 spiro atoms. The van der Waals surface area contributed by atoms with Crippen LogP contribution in [-0.2, 0) is 4.74 Å². The SMILES string of the molecule is C/C=S(/c1c(C(N)=O)[nH]c2ccccc12)N1CCOC(C(C)C)C1. The number of nitrogens with one attached hydrogen (secondary N) is 1. The van der Waals surface area contributed by atoms with E-state index in [0.29, 0.717) is 18.2 Å². The number of carbonyl (C=O) groups excluding carboxylic acids is 1. The molecule has 1 amide bonds. The fourth-order valence-corrected chi connectivity index (χ4v) is 5.27. The van der Waals surface area contributed by atoms with Crippen molar-refractivity contribution in [3.63, 3.8) is 0 Å². The van der Waals surface area contributed by atoms with E-state index in [1.807, 2.05) is 18.2 Å².